The molecule has 0 amide bonds. The van der Waals surface area contributed by atoms with E-state index in [0.717, 1.165) is 64.5 Å². The van der Waals surface area contributed by atoms with Gasteiger partial charge in [-0.2, -0.15) is 0 Å². The van der Waals surface area contributed by atoms with Gasteiger partial charge in [0.1, 0.15) is 5.82 Å². The van der Waals surface area contributed by atoms with Crippen molar-refractivity contribution in [2.24, 2.45) is 0 Å². The van der Waals surface area contributed by atoms with Gasteiger partial charge in [-0.05, 0) is 25.0 Å². The van der Waals surface area contributed by atoms with Gasteiger partial charge in [0.25, 0.3) is 0 Å². The fraction of sp³-hybridized carbons (Fsp3) is 0.737. The molecule has 0 radical (unpaired) electrons. The molecule has 3 fully saturated rings. The zero-order valence-electron chi connectivity index (χ0n) is 14.6. The van der Waals surface area contributed by atoms with Crippen molar-refractivity contribution in [3.8, 4) is 0 Å². The first-order valence-corrected chi connectivity index (χ1v) is 9.57. The molecule has 5 heteroatoms. The van der Waals surface area contributed by atoms with Gasteiger partial charge in [-0.1, -0.05) is 25.3 Å². The van der Waals surface area contributed by atoms with E-state index in [9.17, 15) is 5.11 Å². The summed E-state index contributed by atoms with van der Waals surface area (Å²) in [4.78, 5) is 11.9. The average Bonchev–Trinajstić information content (AvgIpc) is 2.59. The largest absolute Gasteiger partial charge is 0.389 e. The molecular weight excluding hydrogens is 300 g/mol. The van der Waals surface area contributed by atoms with Gasteiger partial charge in [0.2, 0.25) is 0 Å². The number of piperazine rings is 1. The summed E-state index contributed by atoms with van der Waals surface area (Å²) in [6.45, 7) is 7.53. The Labute approximate surface area is 145 Å². The maximum absolute atomic E-state index is 10.7. The first-order chi connectivity index (χ1) is 11.7. The summed E-state index contributed by atoms with van der Waals surface area (Å²) < 4.78 is 0. The van der Waals surface area contributed by atoms with Gasteiger partial charge in [0.05, 0.1) is 5.60 Å². The van der Waals surface area contributed by atoms with Gasteiger partial charge in [0.15, 0.2) is 0 Å². The third kappa shape index (κ3) is 3.58. The molecule has 2 saturated heterocycles. The Hall–Kier alpha value is -1.17. The molecule has 3 heterocycles. The Morgan fingerprint density at radius 1 is 1.04 bits per heavy atom. The average molecular weight is 330 g/mol. The molecule has 0 atom stereocenters. The van der Waals surface area contributed by atoms with Gasteiger partial charge < -0.3 is 10.0 Å². The fourth-order valence-corrected chi connectivity index (χ4v) is 4.54. The van der Waals surface area contributed by atoms with E-state index in [0.29, 0.717) is 6.04 Å². The van der Waals surface area contributed by atoms with Gasteiger partial charge in [-0.3, -0.25) is 9.80 Å². The van der Waals surface area contributed by atoms with Crippen molar-refractivity contribution in [2.45, 2.75) is 43.7 Å². The normalized spacial score (nSPS) is 26.3. The number of rotatable bonds is 4. The molecule has 3 aliphatic rings. The van der Waals surface area contributed by atoms with Crippen LogP contribution >= 0.6 is 0 Å². The number of aromatic nitrogens is 1. The van der Waals surface area contributed by atoms with Crippen LogP contribution in [-0.2, 0) is 0 Å². The molecule has 132 valence electrons. The highest BCUT2D eigenvalue weighted by Crippen LogP contribution is 2.30. The third-order valence-electron chi connectivity index (χ3n) is 6.04. The monoisotopic (exact) mass is 330 g/mol. The van der Waals surface area contributed by atoms with Crippen molar-refractivity contribution in [3.05, 3.63) is 24.4 Å². The molecule has 0 unspecified atom stereocenters. The summed E-state index contributed by atoms with van der Waals surface area (Å²) in [6, 6.07) is 6.83. The molecule has 1 saturated carbocycles. The fourth-order valence-electron chi connectivity index (χ4n) is 4.54. The SMILES string of the molecule is OC1(CN2CC(N3CCN(c4ccccn4)CC3)C2)CCCCC1. The third-order valence-corrected chi connectivity index (χ3v) is 6.04. The Kier molecular flexibility index (Phi) is 4.74. The Balaban J connectivity index is 1.21. The zero-order valence-corrected chi connectivity index (χ0v) is 14.6. The quantitative estimate of drug-likeness (QED) is 0.908. The number of β-amino-alcohol motifs (C(OH)–C–C–N with tert-alkyl or cyclic N) is 1. The minimum Gasteiger partial charge on any atom is -0.389 e. The maximum atomic E-state index is 10.7. The van der Waals surface area contributed by atoms with E-state index in [4.69, 9.17) is 0 Å². The summed E-state index contributed by atoms with van der Waals surface area (Å²) >= 11 is 0. The molecule has 1 aliphatic carbocycles. The second kappa shape index (κ2) is 6.98. The van der Waals surface area contributed by atoms with E-state index >= 15 is 0 Å². The van der Waals surface area contributed by atoms with E-state index in [1.165, 1.54) is 19.3 Å². The molecule has 0 bridgehead atoms. The van der Waals surface area contributed by atoms with Gasteiger partial charge in [0, 0.05) is 58.1 Å². The second-order valence-electron chi connectivity index (χ2n) is 7.84. The van der Waals surface area contributed by atoms with E-state index in [1.54, 1.807) is 0 Å². The Bertz CT molecular complexity index is 517. The zero-order chi connectivity index (χ0) is 16.4. The van der Waals surface area contributed by atoms with E-state index in [-0.39, 0.29) is 0 Å². The van der Waals surface area contributed by atoms with Crippen LogP contribution < -0.4 is 4.90 Å². The first-order valence-electron chi connectivity index (χ1n) is 9.57. The number of hydrogen-bond acceptors (Lipinski definition) is 5. The number of pyridine rings is 1. The first kappa shape index (κ1) is 16.3. The van der Waals surface area contributed by atoms with E-state index in [1.807, 2.05) is 12.3 Å². The number of anilines is 1. The van der Waals surface area contributed by atoms with Crippen LogP contribution in [0.3, 0.4) is 0 Å². The molecule has 1 aromatic heterocycles. The maximum Gasteiger partial charge on any atom is 0.128 e. The lowest BCUT2D eigenvalue weighted by molar-refractivity contribution is -0.0634. The molecule has 2 aliphatic heterocycles. The van der Waals surface area contributed by atoms with Crippen LogP contribution in [0.15, 0.2) is 24.4 Å². The highest BCUT2D eigenvalue weighted by Gasteiger charge is 2.38. The van der Waals surface area contributed by atoms with Crippen LogP contribution in [0.1, 0.15) is 32.1 Å². The van der Waals surface area contributed by atoms with Crippen molar-refractivity contribution in [2.75, 3.05) is 50.7 Å². The Morgan fingerprint density at radius 2 is 1.79 bits per heavy atom. The lowest BCUT2D eigenvalue weighted by atomic mass is 9.83. The molecule has 5 nitrogen and oxygen atoms in total. The number of hydrogen-bond donors (Lipinski definition) is 1. The summed E-state index contributed by atoms with van der Waals surface area (Å²) in [5.74, 6) is 1.10. The smallest absolute Gasteiger partial charge is 0.128 e. The summed E-state index contributed by atoms with van der Waals surface area (Å²) in [6.07, 6.45) is 7.56. The summed E-state index contributed by atoms with van der Waals surface area (Å²) in [5.41, 5.74) is -0.402. The Morgan fingerprint density at radius 3 is 2.46 bits per heavy atom. The lowest BCUT2D eigenvalue weighted by Crippen LogP contribution is -2.65. The predicted molar refractivity (Wildman–Crippen MR) is 96.3 cm³/mol. The number of nitrogens with zero attached hydrogens (tertiary/aromatic N) is 4. The number of likely N-dealkylation sites (tertiary alicyclic amines) is 1. The van der Waals surface area contributed by atoms with Crippen molar-refractivity contribution in [1.82, 2.24) is 14.8 Å². The molecule has 24 heavy (non-hydrogen) atoms. The molecule has 1 aromatic rings. The molecule has 1 N–H and O–H groups in total. The van der Waals surface area contributed by atoms with Gasteiger partial charge in [-0.15, -0.1) is 0 Å². The highest BCUT2D eigenvalue weighted by molar-refractivity contribution is 5.38. The van der Waals surface area contributed by atoms with Crippen molar-refractivity contribution in [3.63, 3.8) is 0 Å². The van der Waals surface area contributed by atoms with Crippen molar-refractivity contribution >= 4 is 5.82 Å². The molecule has 0 aromatic carbocycles. The predicted octanol–water partition coefficient (Wildman–Crippen LogP) is 1.58. The van der Waals surface area contributed by atoms with Crippen LogP contribution in [0, 0.1) is 0 Å². The minimum absolute atomic E-state index is 0.402. The highest BCUT2D eigenvalue weighted by atomic mass is 16.3. The van der Waals surface area contributed by atoms with Crippen LogP contribution in [0.4, 0.5) is 5.82 Å². The molecular formula is C19H30N4O. The van der Waals surface area contributed by atoms with Crippen molar-refractivity contribution < 1.29 is 5.11 Å². The van der Waals surface area contributed by atoms with Crippen LogP contribution in [-0.4, -0.2) is 77.3 Å². The van der Waals surface area contributed by atoms with Crippen LogP contribution in [0.5, 0.6) is 0 Å². The second-order valence-corrected chi connectivity index (χ2v) is 7.84. The van der Waals surface area contributed by atoms with E-state index < -0.39 is 5.60 Å². The van der Waals surface area contributed by atoms with Gasteiger partial charge in [-0.25, -0.2) is 4.98 Å². The lowest BCUT2D eigenvalue weighted by Gasteiger charge is -2.50. The van der Waals surface area contributed by atoms with E-state index in [2.05, 4.69) is 31.8 Å². The van der Waals surface area contributed by atoms with Gasteiger partial charge >= 0.3 is 0 Å². The topological polar surface area (TPSA) is 42.8 Å². The molecule has 4 rings (SSSR count). The summed E-state index contributed by atoms with van der Waals surface area (Å²) in [7, 11) is 0. The van der Waals surface area contributed by atoms with Crippen LogP contribution in [0.2, 0.25) is 0 Å². The summed E-state index contributed by atoms with van der Waals surface area (Å²) in [5, 5.41) is 10.7. The van der Waals surface area contributed by atoms with Crippen LogP contribution in [0.25, 0.3) is 0 Å². The number of aliphatic hydroxyl groups is 1. The standard InChI is InChI=1S/C19H30N4O/c24-19(7-3-1-4-8-19)16-21-14-17(15-21)22-10-12-23(13-11-22)18-6-2-5-9-20-18/h2,5-6,9,17,24H,1,3-4,7-8,10-16H2. The van der Waals surface area contributed by atoms with Crippen molar-refractivity contribution in [1.29, 1.82) is 0 Å². The molecule has 0 spiro atoms. The minimum atomic E-state index is -0.402.